The van der Waals surface area contributed by atoms with Gasteiger partial charge >= 0.3 is 7.59 Å². The van der Waals surface area contributed by atoms with Crippen LogP contribution in [0.15, 0.2) is 60.7 Å². The number of benzene rings is 2. The Morgan fingerprint density at radius 2 is 1.30 bits per heavy atom. The summed E-state index contributed by atoms with van der Waals surface area (Å²) in [5.41, 5.74) is 1.56. The van der Waals surface area contributed by atoms with Crippen LogP contribution in [-0.4, -0.2) is 12.4 Å². The lowest BCUT2D eigenvalue weighted by Gasteiger charge is -2.23. The minimum absolute atomic E-state index is 0.386. The third kappa shape index (κ3) is 4.57. The van der Waals surface area contributed by atoms with E-state index < -0.39 is 7.59 Å². The highest BCUT2D eigenvalue weighted by molar-refractivity contribution is 7.64. The van der Waals surface area contributed by atoms with Gasteiger partial charge in [-0.25, -0.2) is 5.09 Å². The molecule has 4 nitrogen and oxygen atoms in total. The van der Waals surface area contributed by atoms with Crippen LogP contribution in [0.2, 0.25) is 0 Å². The molecule has 2 aromatic carbocycles. The van der Waals surface area contributed by atoms with Crippen LogP contribution >= 0.6 is 19.2 Å². The summed E-state index contributed by atoms with van der Waals surface area (Å²) in [6.45, 7) is 0.443. The molecule has 0 amide bonds. The molecule has 0 bridgehead atoms. The van der Waals surface area contributed by atoms with Crippen molar-refractivity contribution in [3.05, 3.63) is 60.7 Å². The zero-order chi connectivity index (χ0) is 14.3. The van der Waals surface area contributed by atoms with Crippen LogP contribution in [0, 0.1) is 0 Å². The van der Waals surface area contributed by atoms with E-state index in [-0.39, 0.29) is 0 Å². The maximum absolute atomic E-state index is 12.9. The van der Waals surface area contributed by atoms with Crippen molar-refractivity contribution in [2.45, 2.75) is 0 Å². The number of anilines is 2. The molecule has 0 saturated heterocycles. The summed E-state index contributed by atoms with van der Waals surface area (Å²) in [7, 11) is -3.01. The molecule has 20 heavy (non-hydrogen) atoms. The van der Waals surface area contributed by atoms with Gasteiger partial charge in [0.1, 0.15) is 0 Å². The smallest absolute Gasteiger partial charge is 0.308 e. The molecule has 6 heteroatoms. The van der Waals surface area contributed by atoms with Gasteiger partial charge in [-0.2, -0.15) is 0 Å². The second kappa shape index (κ2) is 7.34. The van der Waals surface area contributed by atoms with Crippen molar-refractivity contribution in [3.63, 3.8) is 0 Å². The molecule has 0 aliphatic rings. The average molecular weight is 310 g/mol. The van der Waals surface area contributed by atoms with Crippen molar-refractivity contribution in [1.29, 1.82) is 0 Å². The van der Waals surface area contributed by atoms with Crippen LogP contribution in [0.4, 0.5) is 11.4 Å². The number of hydrogen-bond acceptors (Lipinski definition) is 1. The Hall–Kier alpha value is -1.48. The molecule has 0 aliphatic heterocycles. The standard InChI is InChI=1S/C14H17ClN3OP/c15-11-12-16-20(19,17-13-7-3-1-4-8-13)18-14-9-5-2-6-10-14/h1-10H,11-12H2,(H3,16,17,18,19). The van der Waals surface area contributed by atoms with Gasteiger partial charge in [-0.1, -0.05) is 36.4 Å². The maximum atomic E-state index is 12.9. The van der Waals surface area contributed by atoms with Crippen LogP contribution in [0.5, 0.6) is 0 Å². The lowest BCUT2D eigenvalue weighted by atomic mass is 10.3. The van der Waals surface area contributed by atoms with E-state index >= 15 is 0 Å². The Bertz CT molecular complexity index is 520. The number of alkyl halides is 1. The van der Waals surface area contributed by atoms with Crippen molar-refractivity contribution in [1.82, 2.24) is 5.09 Å². The third-order valence-electron chi connectivity index (χ3n) is 2.55. The summed E-state index contributed by atoms with van der Waals surface area (Å²) in [6.07, 6.45) is 0. The highest BCUT2D eigenvalue weighted by Crippen LogP contribution is 2.41. The summed E-state index contributed by atoms with van der Waals surface area (Å²) in [6, 6.07) is 18.8. The van der Waals surface area contributed by atoms with Gasteiger partial charge in [0, 0.05) is 23.8 Å². The fourth-order valence-corrected chi connectivity index (χ4v) is 3.59. The zero-order valence-electron chi connectivity index (χ0n) is 10.9. The van der Waals surface area contributed by atoms with Gasteiger partial charge in [0.25, 0.3) is 0 Å². The second-order valence-electron chi connectivity index (χ2n) is 4.16. The highest BCUT2D eigenvalue weighted by Gasteiger charge is 2.20. The van der Waals surface area contributed by atoms with Crippen LogP contribution in [-0.2, 0) is 4.57 Å². The first kappa shape index (κ1) is 14.9. The quantitative estimate of drug-likeness (QED) is 0.531. The molecule has 0 heterocycles. The Balaban J connectivity index is 2.15. The molecule has 106 valence electrons. The SMILES string of the molecule is O=P(NCCCl)(Nc1ccccc1)Nc1ccccc1. The molecule has 0 atom stereocenters. The first-order valence-electron chi connectivity index (χ1n) is 6.30. The topological polar surface area (TPSA) is 53.2 Å². The largest absolute Gasteiger partial charge is 0.327 e. The number of rotatable bonds is 7. The molecule has 3 N–H and O–H groups in total. The molecule has 0 fully saturated rings. The number of halogens is 1. The molecule has 0 spiro atoms. The summed E-state index contributed by atoms with van der Waals surface area (Å²) >= 11 is 5.67. The van der Waals surface area contributed by atoms with Gasteiger partial charge in [-0.05, 0) is 24.3 Å². The minimum atomic E-state index is -3.01. The molecule has 0 aliphatic carbocycles. The summed E-state index contributed by atoms with van der Waals surface area (Å²) in [5, 5.41) is 8.97. The van der Waals surface area contributed by atoms with Crippen molar-refractivity contribution in [2.24, 2.45) is 0 Å². The van der Waals surface area contributed by atoms with Crippen LogP contribution in [0.3, 0.4) is 0 Å². The maximum Gasteiger partial charge on any atom is 0.327 e. The molecule has 2 rings (SSSR count). The Morgan fingerprint density at radius 3 is 1.70 bits per heavy atom. The van der Waals surface area contributed by atoms with E-state index in [2.05, 4.69) is 15.3 Å². The van der Waals surface area contributed by atoms with Gasteiger partial charge in [-0.15, -0.1) is 11.6 Å². The molecule has 0 radical (unpaired) electrons. The fourth-order valence-electron chi connectivity index (χ4n) is 1.70. The molecular weight excluding hydrogens is 293 g/mol. The fraction of sp³-hybridized carbons (Fsp3) is 0.143. The van der Waals surface area contributed by atoms with Crippen molar-refractivity contribution in [3.8, 4) is 0 Å². The molecule has 0 saturated carbocycles. The van der Waals surface area contributed by atoms with Crippen molar-refractivity contribution < 1.29 is 4.57 Å². The van der Waals surface area contributed by atoms with E-state index in [1.54, 1.807) is 0 Å². The normalized spacial score (nSPS) is 11.1. The summed E-state index contributed by atoms with van der Waals surface area (Å²) in [5.74, 6) is 0.386. The number of nitrogens with one attached hydrogen (secondary N) is 3. The first-order valence-corrected chi connectivity index (χ1v) is 8.54. The number of para-hydroxylation sites is 2. The van der Waals surface area contributed by atoms with E-state index in [4.69, 9.17) is 11.6 Å². The van der Waals surface area contributed by atoms with E-state index in [0.29, 0.717) is 12.4 Å². The Labute approximate surface area is 124 Å². The minimum Gasteiger partial charge on any atom is -0.308 e. The lowest BCUT2D eigenvalue weighted by molar-refractivity contribution is 0.573. The van der Waals surface area contributed by atoms with Gasteiger partial charge < -0.3 is 10.2 Å². The van der Waals surface area contributed by atoms with E-state index in [9.17, 15) is 4.57 Å². The monoisotopic (exact) mass is 309 g/mol. The van der Waals surface area contributed by atoms with Gasteiger partial charge in [0.15, 0.2) is 0 Å². The Kier molecular flexibility index (Phi) is 5.48. The lowest BCUT2D eigenvalue weighted by Crippen LogP contribution is -2.23. The molecule has 0 aromatic heterocycles. The summed E-state index contributed by atoms with van der Waals surface area (Å²) in [4.78, 5) is 0. The van der Waals surface area contributed by atoms with Crippen LogP contribution in [0.1, 0.15) is 0 Å². The molecule has 0 unspecified atom stereocenters. The number of hydrogen-bond donors (Lipinski definition) is 3. The second-order valence-corrected chi connectivity index (χ2v) is 6.52. The van der Waals surface area contributed by atoms with E-state index in [1.165, 1.54) is 0 Å². The van der Waals surface area contributed by atoms with Gasteiger partial charge in [0.05, 0.1) is 0 Å². The van der Waals surface area contributed by atoms with Crippen molar-refractivity contribution in [2.75, 3.05) is 22.6 Å². The Morgan fingerprint density at radius 1 is 0.850 bits per heavy atom. The third-order valence-corrected chi connectivity index (χ3v) is 4.55. The van der Waals surface area contributed by atoms with E-state index in [0.717, 1.165) is 11.4 Å². The molecular formula is C14H17ClN3OP. The van der Waals surface area contributed by atoms with Crippen LogP contribution < -0.4 is 15.3 Å². The summed E-state index contributed by atoms with van der Waals surface area (Å²) < 4.78 is 12.9. The van der Waals surface area contributed by atoms with Gasteiger partial charge in [-0.3, -0.25) is 4.57 Å². The zero-order valence-corrected chi connectivity index (χ0v) is 12.6. The van der Waals surface area contributed by atoms with Gasteiger partial charge in [0.2, 0.25) is 0 Å². The first-order chi connectivity index (χ1) is 9.72. The van der Waals surface area contributed by atoms with Crippen LogP contribution in [0.25, 0.3) is 0 Å². The highest BCUT2D eigenvalue weighted by atomic mass is 35.5. The van der Waals surface area contributed by atoms with Crippen molar-refractivity contribution >= 4 is 30.6 Å². The predicted octanol–water partition coefficient (Wildman–Crippen LogP) is 4.15. The predicted molar refractivity (Wildman–Crippen MR) is 86.5 cm³/mol. The molecule has 2 aromatic rings. The average Bonchev–Trinajstić information content (AvgIpc) is 2.47. The van der Waals surface area contributed by atoms with E-state index in [1.807, 2.05) is 60.7 Å².